The van der Waals surface area contributed by atoms with Crippen molar-refractivity contribution in [1.82, 2.24) is 4.90 Å². The fraction of sp³-hybridized carbons (Fsp3) is 0.167. The molecule has 0 fully saturated rings. The lowest BCUT2D eigenvalue weighted by atomic mass is 10.2. The van der Waals surface area contributed by atoms with Gasteiger partial charge < -0.3 is 14.4 Å². The first-order valence-electron chi connectivity index (χ1n) is 10.1. The molecule has 7 nitrogen and oxygen atoms in total. The van der Waals surface area contributed by atoms with Crippen molar-refractivity contribution in [3.8, 4) is 5.75 Å². The molecule has 0 saturated heterocycles. The highest BCUT2D eigenvalue weighted by Gasteiger charge is 2.32. The number of carbonyl (C=O) groups excluding carboxylic acids is 1. The SMILES string of the molecule is CN(C[C@@H](COc1ccccc1)OC(=O)c1ccccc1Br)C1=NS(=O)(=O)c2ccccc21. The summed E-state index contributed by atoms with van der Waals surface area (Å²) in [6.45, 7) is 0.248. The molecule has 0 saturated carbocycles. The van der Waals surface area contributed by atoms with Gasteiger partial charge in [-0.25, -0.2) is 4.79 Å². The van der Waals surface area contributed by atoms with E-state index in [4.69, 9.17) is 9.47 Å². The van der Waals surface area contributed by atoms with Gasteiger partial charge in [-0.3, -0.25) is 0 Å². The van der Waals surface area contributed by atoms with Crippen LogP contribution >= 0.6 is 15.9 Å². The number of amidine groups is 1. The van der Waals surface area contributed by atoms with Gasteiger partial charge in [0.25, 0.3) is 10.0 Å². The molecule has 1 atom stereocenters. The molecule has 1 heterocycles. The second-order valence-electron chi connectivity index (χ2n) is 7.40. The standard InChI is InChI=1S/C24H21BrN2O5S/c1-27(23-20-12-6-8-14-22(20)33(29,30)26-23)15-18(16-31-17-9-3-2-4-10-17)32-24(28)19-11-5-7-13-21(19)25/h2-14,18H,15-16H2,1H3/t18-/m0/s1. The third-order valence-electron chi connectivity index (χ3n) is 5.00. The van der Waals surface area contributed by atoms with Crippen LogP contribution in [0.1, 0.15) is 15.9 Å². The van der Waals surface area contributed by atoms with Crippen LogP contribution in [-0.4, -0.2) is 51.4 Å². The van der Waals surface area contributed by atoms with Gasteiger partial charge in [0.15, 0.2) is 11.9 Å². The summed E-state index contributed by atoms with van der Waals surface area (Å²) < 4.78 is 41.0. The maximum absolute atomic E-state index is 12.8. The topological polar surface area (TPSA) is 85.3 Å². The van der Waals surface area contributed by atoms with E-state index in [1.54, 1.807) is 66.5 Å². The minimum absolute atomic E-state index is 0.0756. The number of fused-ring (bicyclic) bond motifs is 1. The molecule has 0 bridgehead atoms. The van der Waals surface area contributed by atoms with Crippen molar-refractivity contribution in [3.05, 3.63) is 94.5 Å². The highest BCUT2D eigenvalue weighted by molar-refractivity contribution is 9.10. The Kier molecular flexibility index (Phi) is 6.80. The van der Waals surface area contributed by atoms with Gasteiger partial charge in [0.1, 0.15) is 17.3 Å². The van der Waals surface area contributed by atoms with Crippen molar-refractivity contribution in [2.45, 2.75) is 11.0 Å². The molecule has 0 N–H and O–H groups in total. The van der Waals surface area contributed by atoms with Gasteiger partial charge in [0, 0.05) is 17.1 Å². The molecule has 1 aliphatic heterocycles. The van der Waals surface area contributed by atoms with Crippen LogP contribution in [0.2, 0.25) is 0 Å². The molecule has 33 heavy (non-hydrogen) atoms. The predicted octanol–water partition coefficient (Wildman–Crippen LogP) is 4.13. The van der Waals surface area contributed by atoms with E-state index in [1.807, 2.05) is 18.2 Å². The molecule has 9 heteroatoms. The number of sulfonamides is 1. The van der Waals surface area contributed by atoms with E-state index in [1.165, 1.54) is 6.07 Å². The molecule has 3 aromatic carbocycles. The Balaban J connectivity index is 1.55. The summed E-state index contributed by atoms with van der Waals surface area (Å²) in [7, 11) is -2.05. The van der Waals surface area contributed by atoms with Gasteiger partial charge >= 0.3 is 5.97 Å². The maximum Gasteiger partial charge on any atom is 0.339 e. The summed E-state index contributed by atoms with van der Waals surface area (Å²) in [5.74, 6) is 0.416. The summed E-state index contributed by atoms with van der Waals surface area (Å²) in [6.07, 6.45) is -0.701. The van der Waals surface area contributed by atoms with Gasteiger partial charge in [-0.05, 0) is 52.3 Å². The Morgan fingerprint density at radius 3 is 2.42 bits per heavy atom. The van der Waals surface area contributed by atoms with Crippen molar-refractivity contribution >= 4 is 37.8 Å². The normalized spacial score (nSPS) is 14.7. The van der Waals surface area contributed by atoms with E-state index in [2.05, 4.69) is 20.3 Å². The zero-order valence-electron chi connectivity index (χ0n) is 17.7. The first kappa shape index (κ1) is 23.0. The summed E-state index contributed by atoms with van der Waals surface area (Å²) in [6, 6.07) is 22.8. The van der Waals surface area contributed by atoms with E-state index < -0.39 is 22.1 Å². The van der Waals surface area contributed by atoms with Crippen molar-refractivity contribution in [2.75, 3.05) is 20.2 Å². The Morgan fingerprint density at radius 1 is 1.00 bits per heavy atom. The van der Waals surface area contributed by atoms with Crippen LogP contribution in [0.3, 0.4) is 0 Å². The van der Waals surface area contributed by atoms with Crippen LogP contribution in [0.5, 0.6) is 5.75 Å². The number of benzene rings is 3. The molecule has 3 aromatic rings. The molecular weight excluding hydrogens is 508 g/mol. The van der Waals surface area contributed by atoms with Crippen molar-refractivity contribution in [3.63, 3.8) is 0 Å². The Hall–Kier alpha value is -3.17. The van der Waals surface area contributed by atoms with Gasteiger partial charge in [0.2, 0.25) is 0 Å². The number of nitrogens with zero attached hydrogens (tertiary/aromatic N) is 2. The van der Waals surface area contributed by atoms with Gasteiger partial charge in [-0.15, -0.1) is 4.40 Å². The Morgan fingerprint density at radius 2 is 1.67 bits per heavy atom. The van der Waals surface area contributed by atoms with Crippen LogP contribution in [0.25, 0.3) is 0 Å². The molecule has 0 unspecified atom stereocenters. The number of hydrogen-bond donors (Lipinski definition) is 0. The Labute approximate surface area is 200 Å². The molecular formula is C24H21BrN2O5S. The molecule has 0 aliphatic carbocycles. The molecule has 170 valence electrons. The van der Waals surface area contributed by atoms with Crippen LogP contribution < -0.4 is 4.74 Å². The van der Waals surface area contributed by atoms with Crippen LogP contribution in [0.4, 0.5) is 0 Å². The van der Waals surface area contributed by atoms with E-state index in [0.29, 0.717) is 27.2 Å². The van der Waals surface area contributed by atoms with E-state index in [0.717, 1.165) is 0 Å². The number of esters is 1. The lowest BCUT2D eigenvalue weighted by Gasteiger charge is -2.26. The number of carbonyl (C=O) groups is 1. The Bertz CT molecular complexity index is 1290. The average Bonchev–Trinajstić information content (AvgIpc) is 3.09. The first-order chi connectivity index (χ1) is 15.8. The number of rotatable bonds is 7. The molecule has 4 rings (SSSR count). The molecule has 0 radical (unpaired) electrons. The second kappa shape index (κ2) is 9.76. The third-order valence-corrected chi connectivity index (χ3v) is 7.01. The number of hydrogen-bond acceptors (Lipinski definition) is 6. The van der Waals surface area contributed by atoms with Gasteiger partial charge in [-0.1, -0.05) is 42.5 Å². The van der Waals surface area contributed by atoms with Gasteiger partial charge in [0.05, 0.1) is 12.1 Å². The van der Waals surface area contributed by atoms with Crippen LogP contribution in [0.15, 0.2) is 92.6 Å². The fourth-order valence-electron chi connectivity index (χ4n) is 3.43. The highest BCUT2D eigenvalue weighted by atomic mass is 79.9. The quantitative estimate of drug-likeness (QED) is 0.428. The van der Waals surface area contributed by atoms with Crippen LogP contribution in [-0.2, 0) is 14.8 Å². The first-order valence-corrected chi connectivity index (χ1v) is 12.4. The molecule has 1 aliphatic rings. The summed E-state index contributed by atoms with van der Waals surface area (Å²) >= 11 is 3.37. The second-order valence-corrected chi connectivity index (χ2v) is 9.82. The summed E-state index contributed by atoms with van der Waals surface area (Å²) in [5, 5.41) is 0. The monoisotopic (exact) mass is 528 g/mol. The zero-order valence-corrected chi connectivity index (χ0v) is 20.1. The van der Waals surface area contributed by atoms with Gasteiger partial charge in [-0.2, -0.15) is 8.42 Å². The molecule has 0 spiro atoms. The largest absolute Gasteiger partial charge is 0.490 e. The number of para-hydroxylation sites is 1. The van der Waals surface area contributed by atoms with Crippen LogP contribution in [0, 0.1) is 0 Å². The summed E-state index contributed by atoms with van der Waals surface area (Å²) in [5.41, 5.74) is 0.899. The fourth-order valence-corrected chi connectivity index (χ4v) is 5.13. The third kappa shape index (κ3) is 5.26. The smallest absolute Gasteiger partial charge is 0.339 e. The van der Waals surface area contributed by atoms with E-state index >= 15 is 0 Å². The lowest BCUT2D eigenvalue weighted by molar-refractivity contribution is 0.0129. The number of halogens is 1. The highest BCUT2D eigenvalue weighted by Crippen LogP contribution is 2.27. The van der Waals surface area contributed by atoms with Crippen molar-refractivity contribution in [1.29, 1.82) is 0 Å². The predicted molar refractivity (Wildman–Crippen MR) is 128 cm³/mol. The number of ether oxygens (including phenoxy) is 2. The summed E-state index contributed by atoms with van der Waals surface area (Å²) in [4.78, 5) is 14.7. The van der Waals surface area contributed by atoms with Crippen molar-refractivity contribution < 1.29 is 22.7 Å². The molecule has 0 amide bonds. The number of likely N-dealkylation sites (N-methyl/N-ethyl adjacent to an activating group) is 1. The maximum atomic E-state index is 12.8. The van der Waals surface area contributed by atoms with E-state index in [-0.39, 0.29) is 18.0 Å². The average molecular weight is 529 g/mol. The lowest BCUT2D eigenvalue weighted by Crippen LogP contribution is -2.39. The minimum Gasteiger partial charge on any atom is -0.490 e. The molecule has 0 aromatic heterocycles. The zero-order chi connectivity index (χ0) is 23.4. The minimum atomic E-state index is -3.76. The van der Waals surface area contributed by atoms with Crippen molar-refractivity contribution in [2.24, 2.45) is 4.40 Å². The van der Waals surface area contributed by atoms with E-state index in [9.17, 15) is 13.2 Å².